The molecule has 2 aromatic carbocycles. The van der Waals surface area contributed by atoms with Crippen LogP contribution in [-0.4, -0.2) is 72.3 Å². The Hall–Kier alpha value is -11.8. The number of carbonyl (C=O) groups is 1. The van der Waals surface area contributed by atoms with Crippen LogP contribution in [0.15, 0.2) is 226 Å². The van der Waals surface area contributed by atoms with Crippen LogP contribution in [0.3, 0.4) is 0 Å². The summed E-state index contributed by atoms with van der Waals surface area (Å²) in [4.78, 5) is 55.6. The molecule has 0 unspecified atom stereocenters. The van der Waals surface area contributed by atoms with Gasteiger partial charge in [-0.25, -0.2) is 24.9 Å². The topological polar surface area (TPSA) is 203 Å². The average molecular weight is 1610 g/mol. The maximum absolute atomic E-state index is 12.6. The lowest BCUT2D eigenvalue weighted by Crippen LogP contribution is -2.26. The van der Waals surface area contributed by atoms with E-state index in [0.29, 0.717) is 63.6 Å². The van der Waals surface area contributed by atoms with Crippen molar-refractivity contribution >= 4 is 66.6 Å². The molecular weight excluding hydrogens is 1490 g/mol. The average Bonchev–Trinajstić information content (AvgIpc) is 0.910. The van der Waals surface area contributed by atoms with E-state index in [4.69, 9.17) is 0 Å². The number of aromatic nitrogens is 12. The number of benzene rings is 2. The lowest BCUT2D eigenvalue weighted by Gasteiger charge is -2.24. The Morgan fingerprint density at radius 2 is 0.941 bits per heavy atom. The van der Waals surface area contributed by atoms with Gasteiger partial charge in [0.1, 0.15) is 22.8 Å². The molecule has 1 aliphatic heterocycles. The van der Waals surface area contributed by atoms with Gasteiger partial charge in [-0.15, -0.1) is 0 Å². The fraction of sp³-hybridized carbons (Fsp3) is 0.344. The van der Waals surface area contributed by atoms with Gasteiger partial charge < -0.3 is 25.5 Å². The highest BCUT2D eigenvalue weighted by atomic mass is 19.4. The summed E-state index contributed by atoms with van der Waals surface area (Å²) in [7, 11) is 3.63. The van der Waals surface area contributed by atoms with Gasteiger partial charge in [0.25, 0.3) is 5.91 Å². The van der Waals surface area contributed by atoms with Gasteiger partial charge in [0.15, 0.2) is 5.65 Å². The summed E-state index contributed by atoms with van der Waals surface area (Å²) in [6.45, 7) is 44.6. The minimum atomic E-state index is -4.31. The summed E-state index contributed by atoms with van der Waals surface area (Å²) in [6, 6.07) is 41.8. The van der Waals surface area contributed by atoms with Gasteiger partial charge in [-0.05, 0) is 226 Å². The van der Waals surface area contributed by atoms with Gasteiger partial charge in [-0.1, -0.05) is 149 Å². The van der Waals surface area contributed by atoms with Crippen LogP contribution in [0.4, 0.5) is 32.2 Å². The van der Waals surface area contributed by atoms with Gasteiger partial charge in [-0.3, -0.25) is 29.7 Å². The normalized spacial score (nSPS) is 11.7. The molecular formula is C96H115F6N15O. The molecule has 0 atom stereocenters. The number of fused-ring (bicyclic) bond motifs is 6. The predicted molar refractivity (Wildman–Crippen MR) is 471 cm³/mol. The highest BCUT2D eigenvalue weighted by molar-refractivity contribution is 5.92. The fourth-order valence-corrected chi connectivity index (χ4v) is 13.0. The van der Waals surface area contributed by atoms with E-state index in [0.717, 1.165) is 69.7 Å². The Labute approximate surface area is 691 Å². The van der Waals surface area contributed by atoms with Crippen molar-refractivity contribution in [3.63, 3.8) is 0 Å². The van der Waals surface area contributed by atoms with E-state index < -0.39 is 23.5 Å². The van der Waals surface area contributed by atoms with E-state index in [1.165, 1.54) is 84.9 Å². The van der Waals surface area contributed by atoms with Crippen molar-refractivity contribution < 1.29 is 31.1 Å². The lowest BCUT2D eigenvalue weighted by molar-refractivity contribution is -0.139. The number of pyridine rings is 10. The van der Waals surface area contributed by atoms with Crippen LogP contribution in [0, 0.1) is 6.92 Å². The number of aromatic amines is 1. The molecule has 0 saturated heterocycles. The van der Waals surface area contributed by atoms with Crippen molar-refractivity contribution in [3.05, 3.63) is 305 Å². The molecule has 0 aliphatic carbocycles. The lowest BCUT2D eigenvalue weighted by atomic mass is 9.97. The summed E-state index contributed by atoms with van der Waals surface area (Å²) >= 11 is 0. The van der Waals surface area contributed by atoms with Gasteiger partial charge >= 0.3 is 12.4 Å². The number of rotatable bonds is 10. The van der Waals surface area contributed by atoms with Gasteiger partial charge in [0.2, 0.25) is 0 Å². The molecule has 16 nitrogen and oxygen atoms in total. The molecule has 15 rings (SSSR count). The molecule has 118 heavy (non-hydrogen) atoms. The second kappa shape index (κ2) is 43.9. The number of anilines is 1. The number of amides is 1. The second-order valence-electron chi connectivity index (χ2n) is 31.3. The van der Waals surface area contributed by atoms with Gasteiger partial charge in [0.05, 0.1) is 28.0 Å². The predicted octanol–water partition coefficient (Wildman–Crippen LogP) is 25.4. The molecule has 0 bridgehead atoms. The Morgan fingerprint density at radius 3 is 1.51 bits per heavy atom. The molecule has 0 fully saturated rings. The van der Waals surface area contributed by atoms with Crippen molar-refractivity contribution in [2.75, 3.05) is 12.4 Å². The van der Waals surface area contributed by atoms with Crippen LogP contribution in [0.5, 0.6) is 0 Å². The van der Waals surface area contributed by atoms with Crippen LogP contribution in [0.1, 0.15) is 261 Å². The number of nitrogens with zero attached hydrogens (tertiary/aromatic N) is 11. The molecule has 1 aliphatic rings. The van der Waals surface area contributed by atoms with E-state index in [9.17, 15) is 31.1 Å². The zero-order chi connectivity index (χ0) is 86.7. The highest BCUT2D eigenvalue weighted by Crippen LogP contribution is 2.36. The Morgan fingerprint density at radius 1 is 0.449 bits per heavy atom. The minimum Gasteiger partial charge on any atom is -0.368 e. The SMILES string of the molecule is C=C1NCc2c(C(C)C)ccnc2N1.CC(C)c1ccnc2[nH]ccc12.CC(C)c1ccnc2c1ccn2C.CC(C)c1ccnc2ccc(C(F)(F)F)cc12.CC(C)c1ccnc2ccccc12.CC(C)c1ccnc2ncccc12.CC(C)c1ccncc1C(F)(F)F.CNC(=O)c1cc(C(C)C)ccn1.Cc1cc(C(C)C)ccn1. The number of alkyl halides is 6. The Bertz CT molecular complexity index is 5430. The summed E-state index contributed by atoms with van der Waals surface area (Å²) < 4.78 is 77.0. The van der Waals surface area contributed by atoms with Crippen molar-refractivity contribution in [1.82, 2.24) is 70.0 Å². The summed E-state index contributed by atoms with van der Waals surface area (Å²) in [6.07, 6.45) is 13.9. The number of halogens is 6. The monoisotopic (exact) mass is 1610 g/mol. The first-order valence-electron chi connectivity index (χ1n) is 40.0. The van der Waals surface area contributed by atoms with E-state index in [1.807, 2.05) is 95.5 Å². The quantitative estimate of drug-likeness (QED) is 0.0943. The van der Waals surface area contributed by atoms with Crippen LogP contribution in [-0.2, 0) is 25.9 Å². The van der Waals surface area contributed by atoms with Crippen molar-refractivity contribution in [1.29, 1.82) is 0 Å². The second-order valence-corrected chi connectivity index (χ2v) is 31.3. The number of para-hydroxylation sites is 1. The van der Waals surface area contributed by atoms with E-state index in [-0.39, 0.29) is 17.7 Å². The standard InChI is InChI=1S/C13H12F3N.C12H13N.C11H15N3.C11H14N2.C11H12N2.C10H14N2O.C10H12N2.C9H10F3N.C9H13N/c1-8(2)10-5-6-17-12-4-3-9(7-11(10)12)13(14,15)16;1-9(2)10-7-8-13-12-6-4-3-5-11(10)12;1-7(2)9-4-5-12-11-10(9)6-13-8(3)14-11;1-8(2)9-4-6-12-11-10(9)5-7-13(11)3;1-8(2)9-5-7-13-11-10(9)4-3-6-12-11;1-7(2)8-4-5-12-9(6-8)10(13)11-3;1-7(2)8-3-5-11-10-9(8)4-6-12-10;1-6(2)7-3-4-13-5-8(7)9(10,11)12;1-7(2)9-4-5-10-8(3)6-9/h3-8H,1-2H3;3-9H,1-2H3;4-5,7,13H,3,6H2,1-2H3,(H,12,14);4-8H,1-3H3;3-8H,1-2H3;4-7H,1-3H3,(H,11,13);3-7H,1-2H3,(H,11,12);3-6H,1-2H3;4-7H,1-3H3. The number of hydrogen-bond acceptors (Lipinski definition) is 13. The third-order valence-corrected chi connectivity index (χ3v) is 19.5. The molecule has 622 valence electrons. The number of aryl methyl sites for hydroxylation is 2. The van der Waals surface area contributed by atoms with Gasteiger partial charge in [-0.2, -0.15) is 26.3 Å². The number of hydrogen-bond donors (Lipinski definition) is 4. The first-order valence-corrected chi connectivity index (χ1v) is 40.0. The van der Waals surface area contributed by atoms with E-state index in [2.05, 4.69) is 264 Å². The number of carbonyl (C=O) groups excluding carboxylic acids is 1. The van der Waals surface area contributed by atoms with Crippen LogP contribution in [0.25, 0.3) is 54.9 Å². The third-order valence-electron chi connectivity index (χ3n) is 19.5. The molecule has 4 N–H and O–H groups in total. The molecule has 12 aromatic heterocycles. The van der Waals surface area contributed by atoms with Crippen molar-refractivity contribution in [3.8, 4) is 0 Å². The summed E-state index contributed by atoms with van der Waals surface area (Å²) in [5.41, 5.74) is 16.7. The van der Waals surface area contributed by atoms with Crippen LogP contribution < -0.4 is 16.0 Å². The molecule has 0 spiro atoms. The number of nitrogens with one attached hydrogen (secondary N) is 4. The zero-order valence-corrected chi connectivity index (χ0v) is 71.9. The zero-order valence-electron chi connectivity index (χ0n) is 71.9. The van der Waals surface area contributed by atoms with Crippen LogP contribution in [0.2, 0.25) is 0 Å². The van der Waals surface area contributed by atoms with Gasteiger partial charge in [0, 0.05) is 139 Å². The molecule has 13 heterocycles. The Kier molecular flexibility index (Phi) is 34.8. The molecule has 14 aromatic rings. The smallest absolute Gasteiger partial charge is 0.368 e. The number of H-pyrrole nitrogens is 1. The first-order chi connectivity index (χ1) is 55.9. The minimum absolute atomic E-state index is 0.137. The maximum Gasteiger partial charge on any atom is 0.418 e. The van der Waals surface area contributed by atoms with E-state index >= 15 is 0 Å². The van der Waals surface area contributed by atoms with E-state index in [1.54, 1.807) is 45.6 Å². The third kappa shape index (κ3) is 26.6. The van der Waals surface area contributed by atoms with Crippen molar-refractivity contribution in [2.45, 2.75) is 204 Å². The molecule has 1 amide bonds. The summed E-state index contributed by atoms with van der Waals surface area (Å²) in [5.74, 6) is 5.44. The Balaban J connectivity index is 0.000000184. The maximum atomic E-state index is 12.6. The largest absolute Gasteiger partial charge is 0.418 e. The summed E-state index contributed by atoms with van der Waals surface area (Å²) in [5, 5.41) is 14.4. The van der Waals surface area contributed by atoms with Crippen molar-refractivity contribution in [2.24, 2.45) is 7.05 Å². The first kappa shape index (κ1) is 93.4. The molecule has 0 saturated carbocycles. The molecule has 0 radical (unpaired) electrons. The highest BCUT2D eigenvalue weighted by Gasteiger charge is 2.34. The molecule has 22 heteroatoms. The fourth-order valence-electron chi connectivity index (χ4n) is 13.0. The van der Waals surface area contributed by atoms with Crippen LogP contribution >= 0.6 is 0 Å².